The Morgan fingerprint density at radius 1 is 0.915 bits per heavy atom. The molecule has 0 unspecified atom stereocenters. The van der Waals surface area contributed by atoms with E-state index in [0.717, 1.165) is 6.07 Å². The van der Waals surface area contributed by atoms with Crippen molar-refractivity contribution in [1.29, 1.82) is 0 Å². The van der Waals surface area contributed by atoms with E-state index < -0.39 is 57.4 Å². The highest BCUT2D eigenvalue weighted by atomic mass is 35.5. The second-order valence-corrected chi connectivity index (χ2v) is 15.9. The number of azo groups is 1. The Balaban J connectivity index is 1.66. The molecule has 0 atom stereocenters. The fourth-order valence-electron chi connectivity index (χ4n) is 3.98. The summed E-state index contributed by atoms with van der Waals surface area (Å²) in [7, 11) is -11.6. The van der Waals surface area contributed by atoms with Crippen LogP contribution in [-0.4, -0.2) is 90.8 Å². The van der Waals surface area contributed by atoms with Crippen molar-refractivity contribution < 1.29 is 39.5 Å². The molecule has 0 aliphatic carbocycles. The number of aromatic hydroxyl groups is 1. The van der Waals surface area contributed by atoms with Gasteiger partial charge in [-0.15, -0.1) is 28.3 Å². The van der Waals surface area contributed by atoms with Gasteiger partial charge in [-0.05, 0) is 65.5 Å². The minimum atomic E-state index is -4.96. The number of phenols is 1. The summed E-state index contributed by atoms with van der Waals surface area (Å²) in [5.41, 5.74) is -0.206. The molecule has 4 rings (SSSR count). The normalized spacial score (nSPS) is 12.7. The van der Waals surface area contributed by atoms with Crippen LogP contribution in [0.3, 0.4) is 0 Å². The molecule has 0 bridgehead atoms. The SMILES string of the molecule is CN(CCS(=O)(=O)O)c1nc(Cl)nc(Nc2ccc3c(O)c(N=Nc4ccc(S(=O)(=O)C(CCl)CCl)cc4)c(S(=O)(=O)O)cc3c2)n1. The van der Waals surface area contributed by atoms with Gasteiger partial charge < -0.3 is 15.3 Å². The lowest BCUT2D eigenvalue weighted by Crippen LogP contribution is -2.27. The van der Waals surface area contributed by atoms with Crippen LogP contribution in [0.2, 0.25) is 5.28 Å². The monoisotopic (exact) mass is 767 g/mol. The zero-order valence-electron chi connectivity index (χ0n) is 23.9. The third-order valence-corrected chi connectivity index (χ3v) is 11.4. The summed E-state index contributed by atoms with van der Waals surface area (Å²) in [6.07, 6.45) is 0. The molecule has 4 N–H and O–H groups in total. The number of nitrogens with one attached hydrogen (secondary N) is 1. The number of anilines is 3. The Kier molecular flexibility index (Phi) is 11.1. The molecule has 0 saturated heterocycles. The molecule has 3 aromatic carbocycles. The molecule has 16 nitrogen and oxygen atoms in total. The van der Waals surface area contributed by atoms with Gasteiger partial charge in [0.25, 0.3) is 20.2 Å². The van der Waals surface area contributed by atoms with Gasteiger partial charge >= 0.3 is 0 Å². The Hall–Kier alpha value is -3.43. The number of hydrogen-bond acceptors (Lipinski definition) is 14. The summed E-state index contributed by atoms with van der Waals surface area (Å²) in [4.78, 5) is 12.5. The highest BCUT2D eigenvalue weighted by molar-refractivity contribution is 7.92. The van der Waals surface area contributed by atoms with Crippen LogP contribution in [0.1, 0.15) is 0 Å². The number of hydrogen-bond donors (Lipinski definition) is 4. The molecule has 0 radical (unpaired) electrons. The van der Waals surface area contributed by atoms with Crippen molar-refractivity contribution in [2.75, 3.05) is 41.3 Å². The molecular formula is C25H24Cl3N7O9S3. The molecular weight excluding hydrogens is 745 g/mol. The van der Waals surface area contributed by atoms with Crippen molar-refractivity contribution in [2.45, 2.75) is 15.0 Å². The van der Waals surface area contributed by atoms with Crippen LogP contribution in [-0.2, 0) is 30.1 Å². The zero-order chi connectivity index (χ0) is 34.7. The Morgan fingerprint density at radius 3 is 2.17 bits per heavy atom. The lowest BCUT2D eigenvalue weighted by Gasteiger charge is -2.17. The number of alkyl halides is 2. The predicted octanol–water partition coefficient (Wildman–Crippen LogP) is 4.73. The van der Waals surface area contributed by atoms with E-state index in [9.17, 15) is 34.9 Å². The summed E-state index contributed by atoms with van der Waals surface area (Å²) < 4.78 is 91.0. The molecule has 0 fully saturated rings. The number of sulfone groups is 1. The number of aromatic nitrogens is 3. The number of phenolic OH excluding ortho intramolecular Hbond substituents is 1. The number of benzene rings is 3. The van der Waals surface area contributed by atoms with Gasteiger partial charge in [0.15, 0.2) is 15.6 Å². The molecule has 1 aromatic heterocycles. The van der Waals surface area contributed by atoms with Gasteiger partial charge in [-0.1, -0.05) is 0 Å². The zero-order valence-corrected chi connectivity index (χ0v) is 28.6. The minimum Gasteiger partial charge on any atom is -0.505 e. The van der Waals surface area contributed by atoms with Crippen molar-refractivity contribution in [3.05, 3.63) is 53.8 Å². The van der Waals surface area contributed by atoms with Crippen molar-refractivity contribution in [3.8, 4) is 5.75 Å². The minimum absolute atomic E-state index is 0.0239. The molecule has 0 aliphatic heterocycles. The van der Waals surface area contributed by atoms with Gasteiger partial charge in [0.2, 0.25) is 17.2 Å². The van der Waals surface area contributed by atoms with Crippen LogP contribution < -0.4 is 10.2 Å². The standard InChI is InChI=1S/C25H24Cl3N7O9S3/c1-35(8-9-45(37,38)39)25-31-23(28)30-24(32-25)29-16-4-7-19-14(10-16)11-20(47(42,43)44)21(22(19)36)34-33-15-2-5-17(6-3-15)46(40,41)18(12-26)13-27/h2-7,10-11,18,36H,8-9,12-13H2,1H3,(H,37,38,39)(H,42,43,44)(H,29,30,31,32). The highest BCUT2D eigenvalue weighted by Crippen LogP contribution is 2.42. The number of fused-ring (bicyclic) bond motifs is 1. The fourth-order valence-corrected chi connectivity index (χ4v) is 7.86. The first-order valence-corrected chi connectivity index (χ1v) is 19.0. The summed E-state index contributed by atoms with van der Waals surface area (Å²) in [6.45, 7) is -0.164. The first-order chi connectivity index (χ1) is 21.9. The Bertz CT molecular complexity index is 2170. The number of halogens is 3. The molecule has 0 aliphatic rings. The first kappa shape index (κ1) is 36.4. The van der Waals surface area contributed by atoms with E-state index in [4.69, 9.17) is 39.4 Å². The van der Waals surface area contributed by atoms with E-state index in [0.29, 0.717) is 0 Å². The maximum Gasteiger partial charge on any atom is 0.296 e. The molecule has 0 saturated carbocycles. The summed E-state index contributed by atoms with van der Waals surface area (Å²) in [5, 5.41) is 20.6. The molecule has 4 aromatic rings. The van der Waals surface area contributed by atoms with Crippen LogP contribution in [0, 0.1) is 0 Å². The van der Waals surface area contributed by atoms with E-state index in [-0.39, 0.29) is 62.5 Å². The topological polar surface area (TPSA) is 242 Å². The average Bonchev–Trinajstić information content (AvgIpc) is 2.98. The van der Waals surface area contributed by atoms with Crippen LogP contribution in [0.4, 0.5) is 29.0 Å². The summed E-state index contributed by atoms with van der Waals surface area (Å²) in [5.74, 6) is -1.76. The van der Waals surface area contributed by atoms with Gasteiger partial charge in [0.05, 0.1) is 21.6 Å². The second-order valence-electron chi connectivity index (χ2n) is 9.71. The van der Waals surface area contributed by atoms with E-state index in [1.165, 1.54) is 54.4 Å². The van der Waals surface area contributed by atoms with Crippen molar-refractivity contribution in [1.82, 2.24) is 15.0 Å². The predicted molar refractivity (Wildman–Crippen MR) is 176 cm³/mol. The smallest absolute Gasteiger partial charge is 0.296 e. The molecule has 47 heavy (non-hydrogen) atoms. The van der Waals surface area contributed by atoms with Crippen molar-refractivity contribution in [3.63, 3.8) is 0 Å². The van der Waals surface area contributed by atoms with E-state index in [1.807, 2.05) is 0 Å². The Labute approximate surface area is 283 Å². The first-order valence-electron chi connectivity index (χ1n) is 12.9. The average molecular weight is 769 g/mol. The summed E-state index contributed by atoms with van der Waals surface area (Å²) in [6, 6.07) is 10.4. The quantitative estimate of drug-likeness (QED) is 0.0817. The summed E-state index contributed by atoms with van der Waals surface area (Å²) >= 11 is 17.4. The molecule has 0 amide bonds. The number of nitrogens with zero attached hydrogens (tertiary/aromatic N) is 6. The lowest BCUT2D eigenvalue weighted by atomic mass is 10.1. The van der Waals surface area contributed by atoms with Gasteiger partial charge in [0.1, 0.15) is 10.6 Å². The van der Waals surface area contributed by atoms with Gasteiger partial charge in [-0.2, -0.15) is 36.9 Å². The third kappa shape index (κ3) is 8.93. The lowest BCUT2D eigenvalue weighted by molar-refractivity contribution is 0.472. The maximum atomic E-state index is 12.6. The third-order valence-electron chi connectivity index (χ3n) is 6.42. The van der Waals surface area contributed by atoms with Crippen LogP contribution in [0.25, 0.3) is 10.8 Å². The molecule has 1 heterocycles. The maximum absolute atomic E-state index is 12.6. The van der Waals surface area contributed by atoms with Crippen LogP contribution >= 0.6 is 34.8 Å². The highest BCUT2D eigenvalue weighted by Gasteiger charge is 2.26. The van der Waals surface area contributed by atoms with Gasteiger partial charge in [0, 0.05) is 36.4 Å². The van der Waals surface area contributed by atoms with Crippen LogP contribution in [0.15, 0.2) is 68.6 Å². The van der Waals surface area contributed by atoms with E-state index in [1.54, 1.807) is 0 Å². The van der Waals surface area contributed by atoms with Crippen molar-refractivity contribution in [2.24, 2.45) is 10.2 Å². The largest absolute Gasteiger partial charge is 0.505 e. The van der Waals surface area contributed by atoms with Crippen molar-refractivity contribution >= 4 is 105 Å². The van der Waals surface area contributed by atoms with Gasteiger partial charge in [-0.25, -0.2) is 8.42 Å². The van der Waals surface area contributed by atoms with E-state index in [2.05, 4.69) is 30.5 Å². The van der Waals surface area contributed by atoms with Crippen LogP contribution in [0.5, 0.6) is 5.75 Å². The second kappa shape index (κ2) is 14.4. The molecule has 252 valence electrons. The fraction of sp³-hybridized carbons (Fsp3) is 0.240. The van der Waals surface area contributed by atoms with Gasteiger partial charge in [-0.3, -0.25) is 9.11 Å². The Morgan fingerprint density at radius 2 is 1.57 bits per heavy atom. The molecule has 0 spiro atoms. The molecule has 22 heteroatoms. The van der Waals surface area contributed by atoms with E-state index >= 15 is 0 Å². The number of rotatable bonds is 13.